The highest BCUT2D eigenvalue weighted by molar-refractivity contribution is 5.76. The van der Waals surface area contributed by atoms with Crippen LogP contribution < -0.4 is 5.32 Å². The Morgan fingerprint density at radius 2 is 0.714 bits per heavy atom. The molecule has 70 heavy (non-hydrogen) atoms. The maximum atomic E-state index is 12.4. The number of aliphatic hydroxyl groups excluding tert-OH is 2. The van der Waals surface area contributed by atoms with Crippen molar-refractivity contribution in [2.24, 2.45) is 0 Å². The Kier molecular flexibility index (Phi) is 58.0. The molecule has 2 atom stereocenters. The smallest absolute Gasteiger partial charge is 0.305 e. The minimum atomic E-state index is -0.841. The predicted molar refractivity (Wildman–Crippen MR) is 306 cm³/mol. The minimum Gasteiger partial charge on any atom is -0.466 e. The van der Waals surface area contributed by atoms with Crippen molar-refractivity contribution in [3.8, 4) is 0 Å². The second-order valence-corrected chi connectivity index (χ2v) is 21.4. The molecule has 6 heteroatoms. The van der Waals surface area contributed by atoms with E-state index in [1.165, 1.54) is 257 Å². The fourth-order valence-corrected chi connectivity index (χ4v) is 9.61. The molecule has 0 radical (unpaired) electrons. The van der Waals surface area contributed by atoms with Gasteiger partial charge in [-0.15, -0.1) is 0 Å². The predicted octanol–water partition coefficient (Wildman–Crippen LogP) is 19.6. The molecule has 0 aliphatic heterocycles. The third kappa shape index (κ3) is 55.4. The number of aliphatic hydroxyl groups is 2. The average molecular weight is 985 g/mol. The summed E-state index contributed by atoms with van der Waals surface area (Å²) in [5, 5.41) is 23.0. The highest BCUT2D eigenvalue weighted by Gasteiger charge is 2.18. The minimum absolute atomic E-state index is 0.00326. The number of allylic oxidation sites excluding steroid dienone is 5. The summed E-state index contributed by atoms with van der Waals surface area (Å²) in [6, 6.07) is -0.625. The van der Waals surface area contributed by atoms with Crippen LogP contribution in [0.25, 0.3) is 0 Å². The molecule has 0 aromatic rings. The Labute approximate surface area is 436 Å². The van der Waals surface area contributed by atoms with Gasteiger partial charge in [0, 0.05) is 12.8 Å². The maximum absolute atomic E-state index is 12.4. The Balaban J connectivity index is 3.35. The van der Waals surface area contributed by atoms with E-state index in [-0.39, 0.29) is 18.5 Å². The molecule has 0 fully saturated rings. The molecule has 0 aliphatic rings. The molecule has 3 N–H and O–H groups in total. The van der Waals surface area contributed by atoms with Crippen molar-refractivity contribution in [3.05, 3.63) is 36.5 Å². The molecule has 0 saturated carbocycles. The maximum Gasteiger partial charge on any atom is 0.305 e. The monoisotopic (exact) mass is 984 g/mol. The molecular weight excluding hydrogens is 863 g/mol. The summed E-state index contributed by atoms with van der Waals surface area (Å²) in [6.45, 7) is 4.88. The molecule has 1 amide bonds. The molecule has 0 rings (SSSR count). The fraction of sp³-hybridized carbons (Fsp3) is 0.875. The lowest BCUT2D eigenvalue weighted by Crippen LogP contribution is -2.45. The van der Waals surface area contributed by atoms with Gasteiger partial charge in [0.05, 0.1) is 25.4 Å². The van der Waals surface area contributed by atoms with E-state index in [9.17, 15) is 19.8 Å². The van der Waals surface area contributed by atoms with Crippen LogP contribution in [-0.2, 0) is 14.3 Å². The van der Waals surface area contributed by atoms with E-state index in [0.717, 1.165) is 51.4 Å². The molecule has 0 aromatic carbocycles. The summed E-state index contributed by atoms with van der Waals surface area (Å²) >= 11 is 0. The van der Waals surface area contributed by atoms with Crippen molar-refractivity contribution in [1.29, 1.82) is 0 Å². The third-order valence-electron chi connectivity index (χ3n) is 14.4. The number of unbranched alkanes of at least 4 members (excludes halogenated alkanes) is 43. The van der Waals surface area contributed by atoms with Crippen molar-refractivity contribution in [3.63, 3.8) is 0 Å². The van der Waals surface area contributed by atoms with Crippen LogP contribution in [0.2, 0.25) is 0 Å². The zero-order valence-electron chi connectivity index (χ0n) is 47.0. The van der Waals surface area contributed by atoms with Crippen LogP contribution in [0.15, 0.2) is 36.5 Å². The molecule has 6 nitrogen and oxygen atoms in total. The molecule has 0 aromatic heterocycles. The number of hydrogen-bond donors (Lipinski definition) is 3. The number of carbonyl (C=O) groups excluding carboxylic acids is 2. The van der Waals surface area contributed by atoms with Crippen LogP contribution in [0, 0.1) is 0 Å². The number of ether oxygens (including phenoxy) is 1. The second kappa shape index (κ2) is 59.6. The van der Waals surface area contributed by atoms with Gasteiger partial charge in [-0.25, -0.2) is 0 Å². The van der Waals surface area contributed by atoms with Crippen LogP contribution in [0.4, 0.5) is 0 Å². The first-order valence-corrected chi connectivity index (χ1v) is 31.3. The molecule has 412 valence electrons. The van der Waals surface area contributed by atoms with Crippen LogP contribution in [-0.4, -0.2) is 47.4 Å². The number of rotatable bonds is 58. The van der Waals surface area contributed by atoms with Gasteiger partial charge >= 0.3 is 5.97 Å². The van der Waals surface area contributed by atoms with E-state index in [4.69, 9.17) is 4.74 Å². The summed E-state index contributed by atoms with van der Waals surface area (Å²) in [4.78, 5) is 24.5. The molecule has 0 saturated heterocycles. The topological polar surface area (TPSA) is 95.9 Å². The Morgan fingerprint density at radius 1 is 0.400 bits per heavy atom. The molecule has 0 heterocycles. The van der Waals surface area contributed by atoms with Crippen molar-refractivity contribution < 1.29 is 24.5 Å². The van der Waals surface area contributed by atoms with E-state index in [1.807, 2.05) is 6.08 Å². The summed E-state index contributed by atoms with van der Waals surface area (Å²) in [5.41, 5.74) is 0. The standard InChI is InChI=1S/C64H121NO5/c1-3-5-7-9-11-13-15-16-17-31-34-38-42-46-50-54-58-64(69)70-59-55-51-47-43-39-35-32-29-27-25-23-21-19-18-20-22-24-26-28-30-33-37-41-45-49-53-57-63(68)65-61(60-66)62(67)56-52-48-44-40-36-14-12-10-8-6-4-2/h13,15,17,31,52,56,61-62,66-67H,3-12,14,16,18-30,32-51,53-55,57-60H2,1-2H3,(H,65,68)/b15-13-,31-17-,56-52+. The lowest BCUT2D eigenvalue weighted by Gasteiger charge is -2.20. The summed E-state index contributed by atoms with van der Waals surface area (Å²) in [5.74, 6) is -0.0633. The average Bonchev–Trinajstić information content (AvgIpc) is 3.36. The number of hydrogen-bond acceptors (Lipinski definition) is 5. The van der Waals surface area contributed by atoms with Gasteiger partial charge in [0.25, 0.3) is 0 Å². The number of carbonyl (C=O) groups is 2. The van der Waals surface area contributed by atoms with E-state index >= 15 is 0 Å². The van der Waals surface area contributed by atoms with Gasteiger partial charge in [-0.1, -0.05) is 294 Å². The van der Waals surface area contributed by atoms with Crippen LogP contribution in [0.3, 0.4) is 0 Å². The first kappa shape index (κ1) is 68.1. The lowest BCUT2D eigenvalue weighted by molar-refractivity contribution is -0.143. The first-order chi connectivity index (χ1) is 34.5. The van der Waals surface area contributed by atoms with Gasteiger partial charge in [-0.2, -0.15) is 0 Å². The second-order valence-electron chi connectivity index (χ2n) is 21.4. The van der Waals surface area contributed by atoms with Gasteiger partial charge in [-0.3, -0.25) is 9.59 Å². The third-order valence-corrected chi connectivity index (χ3v) is 14.4. The van der Waals surface area contributed by atoms with Crippen LogP contribution in [0.5, 0.6) is 0 Å². The Hall–Kier alpha value is -1.92. The SMILES string of the molecule is CCCCCC/C=C\C/C=C\CCCCCCCC(=O)OCCCCCCCCCCCCCCCCCCCCCCCCCCCCC(=O)NC(CO)C(O)/C=C/CCCCCCCCCCC. The van der Waals surface area contributed by atoms with E-state index in [1.54, 1.807) is 6.08 Å². The molecular formula is C64H121NO5. The molecule has 2 unspecified atom stereocenters. The normalized spacial score (nSPS) is 12.8. The summed E-state index contributed by atoms with van der Waals surface area (Å²) < 4.78 is 5.48. The largest absolute Gasteiger partial charge is 0.466 e. The van der Waals surface area contributed by atoms with Gasteiger partial charge in [0.15, 0.2) is 0 Å². The van der Waals surface area contributed by atoms with Gasteiger partial charge in [0.1, 0.15) is 0 Å². The number of nitrogens with one attached hydrogen (secondary N) is 1. The van der Waals surface area contributed by atoms with Crippen molar-refractivity contribution in [2.75, 3.05) is 13.2 Å². The van der Waals surface area contributed by atoms with E-state index in [0.29, 0.717) is 19.4 Å². The quantitative estimate of drug-likeness (QED) is 0.0321. The van der Waals surface area contributed by atoms with Crippen molar-refractivity contribution in [1.82, 2.24) is 5.32 Å². The number of esters is 1. The summed E-state index contributed by atoms with van der Waals surface area (Å²) in [7, 11) is 0. The zero-order chi connectivity index (χ0) is 50.7. The lowest BCUT2D eigenvalue weighted by atomic mass is 10.0. The van der Waals surface area contributed by atoms with Gasteiger partial charge in [-0.05, 0) is 64.2 Å². The van der Waals surface area contributed by atoms with Crippen molar-refractivity contribution >= 4 is 11.9 Å². The first-order valence-electron chi connectivity index (χ1n) is 31.3. The van der Waals surface area contributed by atoms with E-state index in [2.05, 4.69) is 43.5 Å². The molecule has 0 aliphatic carbocycles. The van der Waals surface area contributed by atoms with E-state index < -0.39 is 12.1 Å². The highest BCUT2D eigenvalue weighted by Crippen LogP contribution is 2.17. The van der Waals surface area contributed by atoms with Crippen LogP contribution >= 0.6 is 0 Å². The van der Waals surface area contributed by atoms with Crippen molar-refractivity contribution in [2.45, 2.75) is 347 Å². The Morgan fingerprint density at radius 3 is 1.10 bits per heavy atom. The number of amides is 1. The highest BCUT2D eigenvalue weighted by atomic mass is 16.5. The van der Waals surface area contributed by atoms with Gasteiger partial charge < -0.3 is 20.3 Å². The molecule has 0 bridgehead atoms. The Bertz CT molecular complexity index is 1130. The fourth-order valence-electron chi connectivity index (χ4n) is 9.61. The van der Waals surface area contributed by atoms with Gasteiger partial charge in [0.2, 0.25) is 5.91 Å². The molecule has 0 spiro atoms. The van der Waals surface area contributed by atoms with Crippen LogP contribution in [0.1, 0.15) is 335 Å². The zero-order valence-corrected chi connectivity index (χ0v) is 47.0. The summed E-state index contributed by atoms with van der Waals surface area (Å²) in [6.07, 6.45) is 74.8.